The van der Waals surface area contributed by atoms with Crippen LogP contribution in [-0.4, -0.2) is 0 Å². The van der Waals surface area contributed by atoms with Gasteiger partial charge >= 0.3 is 0 Å². The van der Waals surface area contributed by atoms with Gasteiger partial charge in [0.1, 0.15) is 0 Å². The molecule has 8 rings (SSSR count). The molecule has 0 spiro atoms. The van der Waals surface area contributed by atoms with Gasteiger partial charge in [0, 0.05) is 5.92 Å². The molecule has 240 valence electrons. The van der Waals surface area contributed by atoms with Crippen LogP contribution in [0.5, 0.6) is 0 Å². The molecule has 2 unspecified atom stereocenters. The third-order valence-corrected chi connectivity index (χ3v) is 10.7. The molecule has 1 saturated carbocycles. The fourth-order valence-electron chi connectivity index (χ4n) is 8.07. The van der Waals surface area contributed by atoms with E-state index in [1.165, 1.54) is 90.0 Å². The van der Waals surface area contributed by atoms with Gasteiger partial charge in [0.2, 0.25) is 0 Å². The van der Waals surface area contributed by atoms with E-state index in [0.29, 0.717) is 17.8 Å². The molecule has 0 amide bonds. The molecule has 0 N–H and O–H groups in total. The Balaban J connectivity index is 1.38. The Kier molecular flexibility index (Phi) is 8.48. The van der Waals surface area contributed by atoms with Crippen molar-refractivity contribution in [2.24, 2.45) is 11.8 Å². The molecule has 0 heteroatoms. The highest BCUT2D eigenvalue weighted by molar-refractivity contribution is 6.20. The van der Waals surface area contributed by atoms with Crippen molar-refractivity contribution in [2.45, 2.75) is 46.0 Å². The normalized spacial score (nSPS) is 20.8. The smallest absolute Gasteiger partial charge is 0.00248 e. The molecule has 1 fully saturated rings. The maximum absolute atomic E-state index is 2.39. The van der Waals surface area contributed by atoms with Crippen molar-refractivity contribution in [3.63, 3.8) is 0 Å². The Morgan fingerprint density at radius 2 is 1.02 bits per heavy atom. The first-order valence-corrected chi connectivity index (χ1v) is 18.1. The zero-order valence-electron chi connectivity index (χ0n) is 28.9. The molecule has 0 radical (unpaired) electrons. The van der Waals surface area contributed by atoms with Crippen LogP contribution in [0.15, 0.2) is 158 Å². The summed E-state index contributed by atoms with van der Waals surface area (Å²) in [6, 6.07) is 43.2. The van der Waals surface area contributed by atoms with Crippen molar-refractivity contribution >= 4 is 27.1 Å². The van der Waals surface area contributed by atoms with E-state index in [1.54, 1.807) is 0 Å². The van der Waals surface area contributed by atoms with E-state index < -0.39 is 0 Å². The summed E-state index contributed by atoms with van der Waals surface area (Å²) in [6.45, 7) is 6.87. The average molecular weight is 633 g/mol. The van der Waals surface area contributed by atoms with Crippen LogP contribution >= 0.6 is 0 Å². The molecule has 49 heavy (non-hydrogen) atoms. The highest BCUT2D eigenvalue weighted by Crippen LogP contribution is 2.49. The van der Waals surface area contributed by atoms with E-state index in [0.717, 1.165) is 6.42 Å². The van der Waals surface area contributed by atoms with E-state index in [-0.39, 0.29) is 0 Å². The molecule has 6 aromatic carbocycles. The molecule has 0 heterocycles. The van der Waals surface area contributed by atoms with Gasteiger partial charge in [0.05, 0.1) is 0 Å². The minimum Gasteiger partial charge on any atom is -0.0779 e. The summed E-state index contributed by atoms with van der Waals surface area (Å²) < 4.78 is 0. The predicted octanol–water partition coefficient (Wildman–Crippen LogP) is 13.9. The molecular formula is C49H44. The molecular weight excluding hydrogens is 589 g/mol. The minimum absolute atomic E-state index is 0.302. The van der Waals surface area contributed by atoms with Crippen molar-refractivity contribution < 1.29 is 0 Å². The summed E-state index contributed by atoms with van der Waals surface area (Å²) in [4.78, 5) is 0. The third-order valence-electron chi connectivity index (χ3n) is 10.7. The first kappa shape index (κ1) is 31.1. The SMILES string of the molecule is CCC1/C=C\C=C/C(C)/C=C\C=C/1c1c2ccccc2c(-c2ccccc2-c2cccc(-c3ccccc3C3CC3)c2C)c2ccccc12. The summed E-state index contributed by atoms with van der Waals surface area (Å²) in [6.07, 6.45) is 19.7. The van der Waals surface area contributed by atoms with Gasteiger partial charge in [-0.25, -0.2) is 0 Å². The predicted molar refractivity (Wildman–Crippen MR) is 213 cm³/mol. The average Bonchev–Trinajstić information content (AvgIpc) is 3.99. The lowest BCUT2D eigenvalue weighted by Crippen LogP contribution is -2.03. The van der Waals surface area contributed by atoms with Gasteiger partial charge in [-0.2, -0.15) is 0 Å². The Morgan fingerprint density at radius 1 is 0.510 bits per heavy atom. The van der Waals surface area contributed by atoms with Crippen molar-refractivity contribution in [1.82, 2.24) is 0 Å². The lowest BCUT2D eigenvalue weighted by Gasteiger charge is -2.24. The fraction of sp³-hybridized carbons (Fsp3) is 0.184. The topological polar surface area (TPSA) is 0 Å². The second kappa shape index (κ2) is 13.4. The number of hydrogen-bond donors (Lipinski definition) is 0. The second-order valence-corrected chi connectivity index (χ2v) is 13.9. The molecule has 0 aromatic heterocycles. The summed E-state index contributed by atoms with van der Waals surface area (Å²) >= 11 is 0. The van der Waals surface area contributed by atoms with Gasteiger partial charge in [-0.1, -0.05) is 172 Å². The van der Waals surface area contributed by atoms with Gasteiger partial charge in [0.15, 0.2) is 0 Å². The van der Waals surface area contributed by atoms with Crippen LogP contribution in [0.3, 0.4) is 0 Å². The van der Waals surface area contributed by atoms with Gasteiger partial charge in [-0.05, 0) is 115 Å². The first-order chi connectivity index (χ1) is 24.1. The van der Waals surface area contributed by atoms with E-state index in [9.17, 15) is 0 Å². The molecule has 0 aliphatic heterocycles. The van der Waals surface area contributed by atoms with Crippen molar-refractivity contribution in [3.8, 4) is 33.4 Å². The van der Waals surface area contributed by atoms with Crippen LogP contribution in [0.2, 0.25) is 0 Å². The summed E-state index contributed by atoms with van der Waals surface area (Å²) in [7, 11) is 0. The molecule has 6 aromatic rings. The quantitative estimate of drug-likeness (QED) is 0.160. The molecule has 0 nitrogen and oxygen atoms in total. The van der Waals surface area contributed by atoms with Crippen molar-refractivity contribution in [2.75, 3.05) is 0 Å². The molecule has 0 bridgehead atoms. The molecule has 2 atom stereocenters. The van der Waals surface area contributed by atoms with Crippen molar-refractivity contribution in [3.05, 3.63) is 174 Å². The van der Waals surface area contributed by atoms with E-state index >= 15 is 0 Å². The molecule has 2 aliphatic rings. The zero-order valence-corrected chi connectivity index (χ0v) is 28.9. The first-order valence-electron chi connectivity index (χ1n) is 18.1. The number of hydrogen-bond acceptors (Lipinski definition) is 0. The Labute approximate surface area is 291 Å². The lowest BCUT2D eigenvalue weighted by molar-refractivity contribution is 0.794. The van der Waals surface area contributed by atoms with Crippen LogP contribution in [-0.2, 0) is 0 Å². The number of benzene rings is 6. The highest BCUT2D eigenvalue weighted by atomic mass is 14.3. The monoisotopic (exact) mass is 632 g/mol. The summed E-state index contributed by atoms with van der Waals surface area (Å²) in [5, 5.41) is 5.21. The lowest BCUT2D eigenvalue weighted by atomic mass is 9.79. The van der Waals surface area contributed by atoms with Gasteiger partial charge in [-0.3, -0.25) is 0 Å². The van der Waals surface area contributed by atoms with Crippen molar-refractivity contribution in [1.29, 1.82) is 0 Å². The third kappa shape index (κ3) is 5.80. The van der Waals surface area contributed by atoms with Gasteiger partial charge < -0.3 is 0 Å². The minimum atomic E-state index is 0.302. The Morgan fingerprint density at radius 3 is 1.67 bits per heavy atom. The van der Waals surface area contributed by atoms with Gasteiger partial charge in [-0.15, -0.1) is 0 Å². The van der Waals surface area contributed by atoms with Crippen LogP contribution in [0.1, 0.15) is 55.7 Å². The van der Waals surface area contributed by atoms with Gasteiger partial charge in [0.25, 0.3) is 0 Å². The number of rotatable bonds is 6. The highest BCUT2D eigenvalue weighted by Gasteiger charge is 2.27. The largest absolute Gasteiger partial charge is 0.0779 e. The zero-order chi connectivity index (χ0) is 33.3. The van der Waals surface area contributed by atoms with Crippen LogP contribution in [0.4, 0.5) is 0 Å². The fourth-order valence-corrected chi connectivity index (χ4v) is 8.07. The van der Waals surface area contributed by atoms with E-state index in [4.69, 9.17) is 0 Å². The maximum Gasteiger partial charge on any atom is 0.00248 e. The molecule has 0 saturated heterocycles. The Hall–Kier alpha value is -5.20. The second-order valence-electron chi connectivity index (χ2n) is 13.9. The summed E-state index contributed by atoms with van der Waals surface area (Å²) in [5.41, 5.74) is 13.5. The standard InChI is InChI=1S/C49H44/c1-4-35-19-6-5-17-33(2)18-15-30-40(35)48-44-24-11-13-26-46(44)49(47-27-14-12-25-45(47)48)43-23-10-9-22-42(43)38-29-16-28-37(34(38)3)41-21-8-7-20-39(41)36-31-32-36/h5-30,33,35-36H,4,31-32H2,1-3H3/b17-5-,18-15-,19-6-,40-30+. The number of fused-ring (bicyclic) bond motifs is 2. The van der Waals surface area contributed by atoms with Crippen LogP contribution in [0.25, 0.3) is 60.5 Å². The maximum atomic E-state index is 2.39. The number of allylic oxidation sites excluding steroid dienone is 8. The van der Waals surface area contributed by atoms with Crippen LogP contribution in [0, 0.1) is 18.8 Å². The van der Waals surface area contributed by atoms with E-state index in [2.05, 4.69) is 179 Å². The van der Waals surface area contributed by atoms with Crippen LogP contribution < -0.4 is 0 Å². The summed E-state index contributed by atoms with van der Waals surface area (Å²) in [5.74, 6) is 1.39. The molecule has 2 aliphatic carbocycles. The van der Waals surface area contributed by atoms with E-state index in [1.807, 2.05) is 0 Å². The Bertz CT molecular complexity index is 2240.